The Hall–Kier alpha value is -2.67. The van der Waals surface area contributed by atoms with E-state index in [-0.39, 0.29) is 17.6 Å². The molecule has 1 saturated carbocycles. The lowest BCUT2D eigenvalue weighted by Gasteiger charge is -2.51. The largest absolute Gasteiger partial charge is 0.494 e. The van der Waals surface area contributed by atoms with Crippen LogP contribution in [0, 0.1) is 5.92 Å². The molecular formula is C28H31NO4S. The second kappa shape index (κ2) is 9.90. The van der Waals surface area contributed by atoms with E-state index in [1.165, 1.54) is 11.3 Å². The Kier molecular flexibility index (Phi) is 6.73. The first kappa shape index (κ1) is 23.1. The minimum atomic E-state index is -1.80. The Morgan fingerprint density at radius 2 is 1.85 bits per heavy atom. The van der Waals surface area contributed by atoms with E-state index in [4.69, 9.17) is 9.47 Å². The first-order valence-electron chi connectivity index (χ1n) is 12.0. The second-order valence-electron chi connectivity index (χ2n) is 9.43. The molecule has 2 bridgehead atoms. The third-order valence-electron chi connectivity index (χ3n) is 7.29. The highest BCUT2D eigenvalue weighted by molar-refractivity contribution is 7.10. The zero-order valence-corrected chi connectivity index (χ0v) is 20.0. The molecule has 6 heteroatoms. The van der Waals surface area contributed by atoms with E-state index in [2.05, 4.69) is 5.32 Å². The van der Waals surface area contributed by atoms with Crippen molar-refractivity contribution in [3.8, 4) is 5.75 Å². The molecule has 178 valence electrons. The maximum absolute atomic E-state index is 13.5. The third kappa shape index (κ3) is 4.63. The minimum absolute atomic E-state index is 0.0481. The molecule has 34 heavy (non-hydrogen) atoms. The molecule has 6 rings (SSSR count). The van der Waals surface area contributed by atoms with Crippen molar-refractivity contribution >= 4 is 17.3 Å². The molecule has 0 spiro atoms. The number of nitrogens with one attached hydrogen (secondary N) is 1. The van der Waals surface area contributed by atoms with Gasteiger partial charge in [0.25, 0.3) is 0 Å². The summed E-state index contributed by atoms with van der Waals surface area (Å²) in [4.78, 5) is 14.1. The molecule has 3 fully saturated rings. The van der Waals surface area contributed by atoms with Crippen LogP contribution in [0.4, 0.5) is 0 Å². The molecule has 1 aromatic heterocycles. The van der Waals surface area contributed by atoms with Crippen LogP contribution in [0.15, 0.2) is 78.2 Å². The number of thiophene rings is 1. The fraction of sp³-hybridized carbons (Fsp3) is 0.393. The van der Waals surface area contributed by atoms with Crippen LogP contribution in [0.25, 0.3) is 0 Å². The highest BCUT2D eigenvalue weighted by Gasteiger charge is 2.50. The van der Waals surface area contributed by atoms with Gasteiger partial charge in [0.05, 0.1) is 11.5 Å². The molecule has 3 unspecified atom stereocenters. The van der Waals surface area contributed by atoms with Crippen LogP contribution in [0.3, 0.4) is 0 Å². The number of carbonyl (C=O) groups excluding carboxylic acids is 1. The van der Waals surface area contributed by atoms with Gasteiger partial charge in [0.15, 0.2) is 0 Å². The zero-order chi connectivity index (χ0) is 23.4. The highest BCUT2D eigenvalue weighted by Crippen LogP contribution is 2.43. The topological polar surface area (TPSA) is 67.8 Å². The van der Waals surface area contributed by atoms with Gasteiger partial charge in [-0.3, -0.25) is 0 Å². The Bertz CT molecular complexity index is 1060. The van der Waals surface area contributed by atoms with Crippen LogP contribution in [-0.4, -0.2) is 35.9 Å². The van der Waals surface area contributed by atoms with Gasteiger partial charge < -0.3 is 19.9 Å². The van der Waals surface area contributed by atoms with Crippen molar-refractivity contribution in [1.82, 2.24) is 5.32 Å². The number of hydrogen-bond donors (Lipinski definition) is 2. The smallest absolute Gasteiger partial charge is 0.348 e. The summed E-state index contributed by atoms with van der Waals surface area (Å²) in [5.74, 6) is 0.580. The number of benzene rings is 2. The van der Waals surface area contributed by atoms with Crippen molar-refractivity contribution in [1.29, 1.82) is 0 Å². The summed E-state index contributed by atoms with van der Waals surface area (Å²) in [6, 6.07) is 22.6. The standard InChI is InChI=1S/C28H31NO4S/c30-26(28(31,25-13-7-18-34-25)22-9-3-1-4-10-22)33-24-19-27(16-14-21(24)20-29-27)15-8-17-32-23-11-5-2-6-12-23/h1-7,9-13,18,21,24,29,31H,8,14-17,19-20H2/t21?,24-,27?,28?/m1/s1. The Morgan fingerprint density at radius 1 is 1.09 bits per heavy atom. The van der Waals surface area contributed by atoms with Crippen molar-refractivity contribution in [2.45, 2.75) is 49.3 Å². The van der Waals surface area contributed by atoms with Crippen LogP contribution in [0.2, 0.25) is 0 Å². The summed E-state index contributed by atoms with van der Waals surface area (Å²) in [6.45, 7) is 1.49. The van der Waals surface area contributed by atoms with Gasteiger partial charge in [-0.25, -0.2) is 4.79 Å². The van der Waals surface area contributed by atoms with E-state index in [1.807, 2.05) is 60.0 Å². The van der Waals surface area contributed by atoms with Crippen LogP contribution >= 0.6 is 11.3 Å². The number of rotatable bonds is 9. The van der Waals surface area contributed by atoms with Crippen molar-refractivity contribution in [3.05, 3.63) is 88.6 Å². The van der Waals surface area contributed by atoms with Gasteiger partial charge in [0.1, 0.15) is 11.9 Å². The van der Waals surface area contributed by atoms with E-state index in [0.717, 1.165) is 44.4 Å². The summed E-state index contributed by atoms with van der Waals surface area (Å²) < 4.78 is 12.0. The lowest BCUT2D eigenvalue weighted by Crippen LogP contribution is -2.62. The Morgan fingerprint density at radius 3 is 2.53 bits per heavy atom. The van der Waals surface area contributed by atoms with E-state index >= 15 is 0 Å². The zero-order valence-electron chi connectivity index (χ0n) is 19.2. The number of aliphatic hydroxyl groups is 1. The monoisotopic (exact) mass is 477 g/mol. The number of ether oxygens (including phenoxy) is 2. The van der Waals surface area contributed by atoms with Gasteiger partial charge in [0.2, 0.25) is 5.60 Å². The molecule has 2 saturated heterocycles. The molecule has 3 aromatic rings. The number of fused-ring (bicyclic) bond motifs is 3. The molecule has 0 radical (unpaired) electrons. The molecule has 0 amide bonds. The van der Waals surface area contributed by atoms with Gasteiger partial charge in [-0.1, -0.05) is 54.6 Å². The maximum atomic E-state index is 13.5. The van der Waals surface area contributed by atoms with Crippen LogP contribution < -0.4 is 10.1 Å². The number of hydrogen-bond acceptors (Lipinski definition) is 6. The first-order valence-corrected chi connectivity index (χ1v) is 12.9. The van der Waals surface area contributed by atoms with E-state index in [9.17, 15) is 9.90 Å². The fourth-order valence-electron chi connectivity index (χ4n) is 5.36. The minimum Gasteiger partial charge on any atom is -0.494 e. The summed E-state index contributed by atoms with van der Waals surface area (Å²) >= 11 is 1.36. The molecule has 1 aliphatic carbocycles. The van der Waals surface area contributed by atoms with E-state index in [1.54, 1.807) is 18.2 Å². The fourth-order valence-corrected chi connectivity index (χ4v) is 6.19. The van der Waals surface area contributed by atoms with Crippen molar-refractivity contribution in [3.63, 3.8) is 0 Å². The summed E-state index contributed by atoms with van der Waals surface area (Å²) in [7, 11) is 0. The Labute approximate surface area is 204 Å². The SMILES string of the molecule is O=C(O[C@@H]1CC2(CCCOc3ccccc3)CCC1CN2)C(O)(c1ccccc1)c1cccs1. The van der Waals surface area contributed by atoms with Crippen molar-refractivity contribution < 1.29 is 19.4 Å². The number of piperidine rings is 2. The predicted molar refractivity (Wildman–Crippen MR) is 133 cm³/mol. The predicted octanol–water partition coefficient (Wildman–Crippen LogP) is 4.90. The van der Waals surface area contributed by atoms with Crippen molar-refractivity contribution in [2.24, 2.45) is 5.92 Å². The van der Waals surface area contributed by atoms with Gasteiger partial charge in [0, 0.05) is 30.0 Å². The number of carbonyl (C=O) groups is 1. The maximum Gasteiger partial charge on any atom is 0.348 e. The molecule has 4 atom stereocenters. The first-order chi connectivity index (χ1) is 16.6. The van der Waals surface area contributed by atoms with Crippen LogP contribution in [0.5, 0.6) is 5.75 Å². The molecular weight excluding hydrogens is 446 g/mol. The average molecular weight is 478 g/mol. The molecule has 2 N–H and O–H groups in total. The lowest BCUT2D eigenvalue weighted by atomic mass is 9.68. The van der Waals surface area contributed by atoms with Crippen LogP contribution in [0.1, 0.15) is 42.5 Å². The molecule has 3 heterocycles. The van der Waals surface area contributed by atoms with Gasteiger partial charge >= 0.3 is 5.97 Å². The van der Waals surface area contributed by atoms with E-state index in [0.29, 0.717) is 17.0 Å². The van der Waals surface area contributed by atoms with Crippen LogP contribution in [-0.2, 0) is 15.1 Å². The number of esters is 1. The highest BCUT2D eigenvalue weighted by atomic mass is 32.1. The molecule has 2 aliphatic heterocycles. The third-order valence-corrected chi connectivity index (χ3v) is 8.26. The normalized spacial score (nSPS) is 25.4. The quantitative estimate of drug-likeness (QED) is 0.339. The van der Waals surface area contributed by atoms with Gasteiger partial charge in [-0.2, -0.15) is 0 Å². The Balaban J connectivity index is 1.25. The number of para-hydroxylation sites is 1. The van der Waals surface area contributed by atoms with Gasteiger partial charge in [-0.15, -0.1) is 11.3 Å². The lowest BCUT2D eigenvalue weighted by molar-refractivity contribution is -0.176. The summed E-state index contributed by atoms with van der Waals surface area (Å²) in [5, 5.41) is 17.3. The summed E-state index contributed by atoms with van der Waals surface area (Å²) in [6.07, 6.45) is 4.56. The van der Waals surface area contributed by atoms with E-state index < -0.39 is 11.6 Å². The second-order valence-corrected chi connectivity index (χ2v) is 10.4. The summed E-state index contributed by atoms with van der Waals surface area (Å²) in [5.41, 5.74) is -1.31. The van der Waals surface area contributed by atoms with Gasteiger partial charge in [-0.05, 0) is 49.3 Å². The molecule has 3 aliphatic rings. The average Bonchev–Trinajstić information content (AvgIpc) is 3.44. The molecule has 5 nitrogen and oxygen atoms in total. The molecule has 2 aromatic carbocycles. The van der Waals surface area contributed by atoms with Crippen molar-refractivity contribution in [2.75, 3.05) is 13.2 Å².